The molecule has 1 aliphatic heterocycles. The Morgan fingerprint density at radius 3 is 2.33 bits per heavy atom. The molecule has 1 rings (SSSR count). The smallest absolute Gasteiger partial charge is 0.325 e. The van der Waals surface area contributed by atoms with Crippen LogP contribution in [0.3, 0.4) is 0 Å². The van der Waals surface area contributed by atoms with Gasteiger partial charge in [0.1, 0.15) is 12.1 Å². The molecule has 1 unspecified atom stereocenters. The number of nitrogens with one attached hydrogen (secondary N) is 2. The van der Waals surface area contributed by atoms with Gasteiger partial charge in [-0.25, -0.2) is 4.79 Å². The fourth-order valence-electron chi connectivity index (χ4n) is 2.38. The van der Waals surface area contributed by atoms with Gasteiger partial charge in [0.15, 0.2) is 0 Å². The molecule has 1 aliphatic rings. The zero-order valence-corrected chi connectivity index (χ0v) is 13.1. The average molecular weight is 299 g/mol. The van der Waals surface area contributed by atoms with E-state index in [1.165, 1.54) is 0 Å². The van der Waals surface area contributed by atoms with Crippen molar-refractivity contribution < 1.29 is 19.5 Å². The summed E-state index contributed by atoms with van der Waals surface area (Å²) in [5.74, 6) is -0.759. The van der Waals surface area contributed by atoms with Crippen molar-refractivity contribution in [2.45, 2.75) is 52.2 Å². The van der Waals surface area contributed by atoms with Crippen molar-refractivity contribution in [1.82, 2.24) is 15.5 Å². The normalized spacial score (nSPS) is 18.9. The molecule has 1 saturated heterocycles. The van der Waals surface area contributed by atoms with Crippen LogP contribution in [0.25, 0.3) is 0 Å². The zero-order valence-electron chi connectivity index (χ0n) is 13.1. The van der Waals surface area contributed by atoms with Crippen LogP contribution in [0.2, 0.25) is 0 Å². The number of urea groups is 1. The van der Waals surface area contributed by atoms with Gasteiger partial charge in [-0.1, -0.05) is 26.7 Å². The Morgan fingerprint density at radius 2 is 1.90 bits per heavy atom. The third-order valence-electron chi connectivity index (χ3n) is 3.85. The minimum atomic E-state index is -0.980. The summed E-state index contributed by atoms with van der Waals surface area (Å²) in [4.78, 5) is 36.3. The predicted octanol–water partition coefficient (Wildman–Crippen LogP) is 0.230. The van der Waals surface area contributed by atoms with Gasteiger partial charge in [0.2, 0.25) is 5.91 Å². The summed E-state index contributed by atoms with van der Waals surface area (Å²) < 4.78 is 0. The van der Waals surface area contributed by atoms with Crippen LogP contribution >= 0.6 is 0 Å². The van der Waals surface area contributed by atoms with Crippen LogP contribution in [0.15, 0.2) is 0 Å². The fraction of sp³-hybridized carbons (Fsp3) is 0.786. The predicted molar refractivity (Wildman–Crippen MR) is 77.4 cm³/mol. The molecule has 0 spiro atoms. The van der Waals surface area contributed by atoms with Crippen molar-refractivity contribution in [3.05, 3.63) is 0 Å². The molecule has 0 aliphatic carbocycles. The number of carbonyl (C=O) groups is 3. The SMILES string of the molecule is CCC(CC)C(O)CNC(=O)CN1C(=O)NC(C)(C)C1=O. The minimum absolute atomic E-state index is 0.123. The van der Waals surface area contributed by atoms with Gasteiger partial charge in [-0.3, -0.25) is 14.5 Å². The van der Waals surface area contributed by atoms with E-state index < -0.39 is 29.5 Å². The molecule has 0 radical (unpaired) electrons. The van der Waals surface area contributed by atoms with Crippen LogP contribution in [0.4, 0.5) is 4.79 Å². The molecule has 1 fully saturated rings. The molecule has 0 bridgehead atoms. The molecule has 7 heteroatoms. The first-order valence-corrected chi connectivity index (χ1v) is 7.31. The molecule has 0 saturated carbocycles. The third-order valence-corrected chi connectivity index (χ3v) is 3.85. The molecule has 3 N–H and O–H groups in total. The van der Waals surface area contributed by atoms with Crippen molar-refractivity contribution in [3.63, 3.8) is 0 Å². The Bertz CT molecular complexity index is 418. The molecular formula is C14H25N3O4. The molecule has 0 aromatic rings. The highest BCUT2D eigenvalue weighted by molar-refractivity contribution is 6.08. The van der Waals surface area contributed by atoms with Crippen molar-refractivity contribution in [1.29, 1.82) is 0 Å². The molecular weight excluding hydrogens is 274 g/mol. The fourth-order valence-corrected chi connectivity index (χ4v) is 2.38. The van der Waals surface area contributed by atoms with Gasteiger partial charge in [-0.2, -0.15) is 0 Å². The summed E-state index contributed by atoms with van der Waals surface area (Å²) in [5.41, 5.74) is -0.980. The van der Waals surface area contributed by atoms with E-state index in [0.717, 1.165) is 17.7 Å². The number of imide groups is 1. The van der Waals surface area contributed by atoms with Crippen LogP contribution in [-0.2, 0) is 9.59 Å². The van der Waals surface area contributed by atoms with Crippen LogP contribution in [0.1, 0.15) is 40.5 Å². The van der Waals surface area contributed by atoms with Crippen LogP contribution in [0.5, 0.6) is 0 Å². The number of nitrogens with zero attached hydrogens (tertiary/aromatic N) is 1. The van der Waals surface area contributed by atoms with E-state index in [1.54, 1.807) is 13.8 Å². The molecule has 1 heterocycles. The van der Waals surface area contributed by atoms with Crippen LogP contribution in [-0.4, -0.2) is 52.6 Å². The highest BCUT2D eigenvalue weighted by Gasteiger charge is 2.44. The maximum Gasteiger partial charge on any atom is 0.325 e. The maximum atomic E-state index is 11.9. The van der Waals surface area contributed by atoms with Gasteiger partial charge in [0.05, 0.1) is 6.10 Å². The van der Waals surface area contributed by atoms with Crippen LogP contribution < -0.4 is 10.6 Å². The Labute approximate surface area is 125 Å². The average Bonchev–Trinajstić information content (AvgIpc) is 2.60. The van der Waals surface area contributed by atoms with E-state index in [1.807, 2.05) is 13.8 Å². The number of hydrogen-bond donors (Lipinski definition) is 3. The second-order valence-electron chi connectivity index (χ2n) is 5.89. The lowest BCUT2D eigenvalue weighted by atomic mass is 9.96. The Balaban J connectivity index is 2.48. The van der Waals surface area contributed by atoms with Crippen LogP contribution in [0, 0.1) is 5.92 Å². The van der Waals surface area contributed by atoms with Gasteiger partial charge in [0, 0.05) is 6.54 Å². The number of hydrogen-bond acceptors (Lipinski definition) is 4. The number of carbonyl (C=O) groups excluding carboxylic acids is 3. The van der Waals surface area contributed by atoms with E-state index in [2.05, 4.69) is 10.6 Å². The van der Waals surface area contributed by atoms with Gasteiger partial charge < -0.3 is 15.7 Å². The summed E-state index contributed by atoms with van der Waals surface area (Å²) in [5, 5.41) is 15.0. The highest BCUT2D eigenvalue weighted by atomic mass is 16.3. The first-order chi connectivity index (χ1) is 9.72. The minimum Gasteiger partial charge on any atom is -0.391 e. The Kier molecular flexibility index (Phi) is 5.71. The standard InChI is InChI=1S/C14H25N3O4/c1-5-9(6-2)10(18)7-15-11(19)8-17-12(20)14(3,4)16-13(17)21/h9-10,18H,5-8H2,1-4H3,(H,15,19)(H,16,21). The monoisotopic (exact) mass is 299 g/mol. The molecule has 1 atom stereocenters. The van der Waals surface area contributed by atoms with E-state index in [9.17, 15) is 19.5 Å². The van der Waals surface area contributed by atoms with Gasteiger partial charge >= 0.3 is 6.03 Å². The summed E-state index contributed by atoms with van der Waals surface area (Å²) in [6.07, 6.45) is 1.03. The van der Waals surface area contributed by atoms with E-state index >= 15 is 0 Å². The number of aliphatic hydroxyl groups excluding tert-OH is 1. The highest BCUT2D eigenvalue weighted by Crippen LogP contribution is 2.16. The van der Waals surface area contributed by atoms with E-state index in [0.29, 0.717) is 0 Å². The lowest BCUT2D eigenvalue weighted by molar-refractivity contribution is -0.134. The lowest BCUT2D eigenvalue weighted by Crippen LogP contribution is -2.45. The topological polar surface area (TPSA) is 98.7 Å². The first kappa shape index (κ1) is 17.4. The summed E-state index contributed by atoms with van der Waals surface area (Å²) in [6, 6.07) is -0.569. The first-order valence-electron chi connectivity index (χ1n) is 7.31. The molecule has 4 amide bonds. The summed E-state index contributed by atoms with van der Waals surface area (Å²) >= 11 is 0. The zero-order chi connectivity index (χ0) is 16.2. The van der Waals surface area contributed by atoms with E-state index in [4.69, 9.17) is 0 Å². The number of rotatable bonds is 7. The molecule has 120 valence electrons. The molecule has 0 aromatic carbocycles. The van der Waals surface area contributed by atoms with Crippen molar-refractivity contribution in [2.75, 3.05) is 13.1 Å². The van der Waals surface area contributed by atoms with Crippen molar-refractivity contribution in [3.8, 4) is 0 Å². The van der Waals surface area contributed by atoms with E-state index in [-0.39, 0.29) is 19.0 Å². The van der Waals surface area contributed by atoms with Gasteiger partial charge in [0.25, 0.3) is 5.91 Å². The largest absolute Gasteiger partial charge is 0.391 e. The molecule has 0 aromatic heterocycles. The summed E-state index contributed by atoms with van der Waals surface area (Å²) in [6.45, 7) is 6.93. The maximum absolute atomic E-state index is 11.9. The van der Waals surface area contributed by atoms with Gasteiger partial charge in [-0.15, -0.1) is 0 Å². The van der Waals surface area contributed by atoms with Crippen molar-refractivity contribution >= 4 is 17.8 Å². The quantitative estimate of drug-likeness (QED) is 0.586. The Morgan fingerprint density at radius 1 is 1.33 bits per heavy atom. The molecule has 7 nitrogen and oxygen atoms in total. The lowest BCUT2D eigenvalue weighted by Gasteiger charge is -2.21. The second kappa shape index (κ2) is 6.89. The molecule has 21 heavy (non-hydrogen) atoms. The summed E-state index contributed by atoms with van der Waals surface area (Å²) in [7, 11) is 0. The van der Waals surface area contributed by atoms with Crippen molar-refractivity contribution in [2.24, 2.45) is 5.92 Å². The number of amides is 4. The van der Waals surface area contributed by atoms with Gasteiger partial charge in [-0.05, 0) is 19.8 Å². The third kappa shape index (κ3) is 4.17. The Hall–Kier alpha value is -1.63. The second-order valence-corrected chi connectivity index (χ2v) is 5.89. The number of aliphatic hydroxyl groups is 1.